The topological polar surface area (TPSA) is 45.2 Å². The highest BCUT2D eigenvalue weighted by molar-refractivity contribution is 7.09. The Labute approximate surface area is 107 Å². The van der Waals surface area contributed by atoms with Crippen molar-refractivity contribution in [3.8, 4) is 0 Å². The highest BCUT2D eigenvalue weighted by atomic mass is 32.1. The van der Waals surface area contributed by atoms with E-state index < -0.39 is 0 Å². The third-order valence-corrected chi connectivity index (χ3v) is 4.56. The molecule has 1 aliphatic carbocycles. The molecular weight excluding hydrogens is 232 g/mol. The zero-order chi connectivity index (χ0) is 12.1. The monoisotopic (exact) mass is 254 g/mol. The lowest BCUT2D eigenvalue weighted by Crippen LogP contribution is -2.30. The van der Waals surface area contributed by atoms with Crippen LogP contribution in [0.25, 0.3) is 0 Å². The minimum absolute atomic E-state index is 0.0562. The van der Waals surface area contributed by atoms with Gasteiger partial charge in [-0.05, 0) is 45.1 Å². The molecule has 3 nitrogen and oxygen atoms in total. The maximum Gasteiger partial charge on any atom is 0.0797 e. The van der Waals surface area contributed by atoms with Crippen molar-refractivity contribution in [2.75, 3.05) is 13.1 Å². The van der Waals surface area contributed by atoms with Gasteiger partial charge in [0.1, 0.15) is 0 Å². The van der Waals surface area contributed by atoms with Crippen molar-refractivity contribution >= 4 is 11.3 Å². The van der Waals surface area contributed by atoms with Crippen molar-refractivity contribution < 1.29 is 5.11 Å². The lowest BCUT2D eigenvalue weighted by atomic mass is 9.87. The Balaban J connectivity index is 1.61. The van der Waals surface area contributed by atoms with E-state index in [2.05, 4.69) is 17.2 Å². The van der Waals surface area contributed by atoms with E-state index in [0.717, 1.165) is 32.4 Å². The van der Waals surface area contributed by atoms with Crippen LogP contribution in [0.3, 0.4) is 0 Å². The molecule has 1 aromatic heterocycles. The number of hydrogen-bond donors (Lipinski definition) is 2. The van der Waals surface area contributed by atoms with Crippen molar-refractivity contribution in [1.29, 1.82) is 0 Å². The average molecular weight is 254 g/mol. The Morgan fingerprint density at radius 1 is 1.53 bits per heavy atom. The summed E-state index contributed by atoms with van der Waals surface area (Å²) in [7, 11) is 0. The summed E-state index contributed by atoms with van der Waals surface area (Å²) in [6.07, 6.45) is 5.44. The summed E-state index contributed by atoms with van der Waals surface area (Å²) in [5, 5.41) is 13.1. The zero-order valence-corrected chi connectivity index (χ0v) is 11.3. The molecule has 2 atom stereocenters. The summed E-state index contributed by atoms with van der Waals surface area (Å²) >= 11 is 1.74. The second-order valence-corrected chi connectivity index (χ2v) is 5.94. The fourth-order valence-electron chi connectivity index (χ4n) is 2.52. The number of hydrogen-bond acceptors (Lipinski definition) is 4. The summed E-state index contributed by atoms with van der Waals surface area (Å²) in [6.45, 7) is 4.15. The first kappa shape index (κ1) is 13.0. The number of aliphatic hydroxyl groups excluding tert-OH is 1. The molecule has 2 unspecified atom stereocenters. The Kier molecular flexibility index (Phi) is 4.95. The molecule has 0 amide bonds. The maximum atomic E-state index is 9.59. The smallest absolute Gasteiger partial charge is 0.0797 e. The summed E-state index contributed by atoms with van der Waals surface area (Å²) in [6, 6.07) is 0. The van der Waals surface area contributed by atoms with Crippen LogP contribution in [0.15, 0.2) is 5.51 Å². The van der Waals surface area contributed by atoms with Crippen LogP contribution in [0.2, 0.25) is 0 Å². The summed E-state index contributed by atoms with van der Waals surface area (Å²) in [5.41, 5.74) is 3.09. The SMILES string of the molecule is Cc1ncsc1CCNCC1CCCC(O)C1. The molecular formula is C13H22N2OS. The van der Waals surface area contributed by atoms with Crippen LogP contribution in [-0.4, -0.2) is 29.3 Å². The molecule has 0 saturated heterocycles. The molecule has 0 bridgehead atoms. The summed E-state index contributed by atoms with van der Waals surface area (Å²) in [4.78, 5) is 5.64. The number of aliphatic hydroxyl groups is 1. The van der Waals surface area contributed by atoms with Crippen molar-refractivity contribution in [3.05, 3.63) is 16.1 Å². The van der Waals surface area contributed by atoms with Gasteiger partial charge in [0.05, 0.1) is 17.3 Å². The Bertz CT molecular complexity index is 340. The van der Waals surface area contributed by atoms with E-state index in [1.165, 1.54) is 23.4 Å². The van der Waals surface area contributed by atoms with Crippen LogP contribution >= 0.6 is 11.3 Å². The molecule has 2 rings (SSSR count). The molecule has 1 aliphatic rings. The van der Waals surface area contributed by atoms with E-state index in [-0.39, 0.29) is 6.10 Å². The van der Waals surface area contributed by atoms with Gasteiger partial charge >= 0.3 is 0 Å². The van der Waals surface area contributed by atoms with Crippen LogP contribution in [0.5, 0.6) is 0 Å². The van der Waals surface area contributed by atoms with Crippen LogP contribution in [0, 0.1) is 12.8 Å². The van der Waals surface area contributed by atoms with E-state index in [9.17, 15) is 5.11 Å². The summed E-state index contributed by atoms with van der Waals surface area (Å²) in [5.74, 6) is 0.668. The molecule has 1 saturated carbocycles. The minimum atomic E-state index is -0.0562. The van der Waals surface area contributed by atoms with Gasteiger partial charge in [0, 0.05) is 11.4 Å². The van der Waals surface area contributed by atoms with Crippen molar-refractivity contribution in [3.63, 3.8) is 0 Å². The minimum Gasteiger partial charge on any atom is -0.393 e. The second-order valence-electron chi connectivity index (χ2n) is 5.00. The largest absolute Gasteiger partial charge is 0.393 e. The lowest BCUT2D eigenvalue weighted by molar-refractivity contribution is 0.101. The zero-order valence-electron chi connectivity index (χ0n) is 10.5. The van der Waals surface area contributed by atoms with Gasteiger partial charge in [-0.2, -0.15) is 0 Å². The van der Waals surface area contributed by atoms with Crippen LogP contribution in [0.4, 0.5) is 0 Å². The number of aromatic nitrogens is 1. The first-order valence-corrected chi connectivity index (χ1v) is 7.41. The average Bonchev–Trinajstić information content (AvgIpc) is 2.71. The number of nitrogens with one attached hydrogen (secondary N) is 1. The quantitative estimate of drug-likeness (QED) is 0.791. The molecule has 4 heteroatoms. The second kappa shape index (κ2) is 6.47. The lowest BCUT2D eigenvalue weighted by Gasteiger charge is -2.25. The third kappa shape index (κ3) is 4.05. The van der Waals surface area contributed by atoms with Gasteiger partial charge in [-0.25, -0.2) is 4.98 Å². The van der Waals surface area contributed by atoms with Crippen molar-refractivity contribution in [1.82, 2.24) is 10.3 Å². The first-order valence-electron chi connectivity index (χ1n) is 6.53. The predicted molar refractivity (Wildman–Crippen MR) is 71.4 cm³/mol. The van der Waals surface area contributed by atoms with Gasteiger partial charge in [-0.1, -0.05) is 6.42 Å². The molecule has 1 heterocycles. The van der Waals surface area contributed by atoms with Gasteiger partial charge in [0.2, 0.25) is 0 Å². The molecule has 1 aromatic rings. The van der Waals surface area contributed by atoms with Crippen molar-refractivity contribution in [2.24, 2.45) is 5.92 Å². The Morgan fingerprint density at radius 2 is 2.41 bits per heavy atom. The number of aryl methyl sites for hydroxylation is 1. The standard InChI is InChI=1S/C13H22N2OS/c1-10-13(17-9-15-10)5-6-14-8-11-3-2-4-12(16)7-11/h9,11-12,14,16H,2-8H2,1H3. The molecule has 96 valence electrons. The fraction of sp³-hybridized carbons (Fsp3) is 0.769. The van der Waals surface area contributed by atoms with E-state index in [1.807, 2.05) is 5.51 Å². The van der Waals surface area contributed by atoms with Crippen LogP contribution in [-0.2, 0) is 6.42 Å². The number of rotatable bonds is 5. The van der Waals surface area contributed by atoms with E-state index in [0.29, 0.717) is 5.92 Å². The van der Waals surface area contributed by atoms with E-state index in [4.69, 9.17) is 0 Å². The van der Waals surface area contributed by atoms with Gasteiger partial charge in [-0.3, -0.25) is 0 Å². The highest BCUT2D eigenvalue weighted by Crippen LogP contribution is 2.23. The molecule has 0 aliphatic heterocycles. The van der Waals surface area contributed by atoms with Crippen LogP contribution in [0.1, 0.15) is 36.3 Å². The first-order chi connectivity index (χ1) is 8.25. The fourth-order valence-corrected chi connectivity index (χ4v) is 3.30. The maximum absolute atomic E-state index is 9.59. The number of thiazole rings is 1. The Morgan fingerprint density at radius 3 is 3.12 bits per heavy atom. The predicted octanol–water partition coefficient (Wildman–Crippen LogP) is 2.13. The van der Waals surface area contributed by atoms with Crippen LogP contribution < -0.4 is 5.32 Å². The molecule has 0 radical (unpaired) electrons. The van der Waals surface area contributed by atoms with E-state index in [1.54, 1.807) is 11.3 Å². The highest BCUT2D eigenvalue weighted by Gasteiger charge is 2.19. The molecule has 0 aromatic carbocycles. The van der Waals surface area contributed by atoms with Crippen molar-refractivity contribution in [2.45, 2.75) is 45.1 Å². The molecule has 1 fully saturated rings. The van der Waals surface area contributed by atoms with Gasteiger partial charge in [0.15, 0.2) is 0 Å². The summed E-state index contributed by atoms with van der Waals surface area (Å²) < 4.78 is 0. The molecule has 2 N–H and O–H groups in total. The molecule has 0 spiro atoms. The number of nitrogens with zero attached hydrogens (tertiary/aromatic N) is 1. The normalized spacial score (nSPS) is 25.1. The van der Waals surface area contributed by atoms with E-state index >= 15 is 0 Å². The van der Waals surface area contributed by atoms with Gasteiger partial charge < -0.3 is 10.4 Å². The Hall–Kier alpha value is -0.450. The third-order valence-electron chi connectivity index (χ3n) is 3.56. The molecule has 17 heavy (non-hydrogen) atoms. The van der Waals surface area contributed by atoms with Gasteiger partial charge in [-0.15, -0.1) is 11.3 Å². The van der Waals surface area contributed by atoms with Gasteiger partial charge in [0.25, 0.3) is 0 Å².